The fraction of sp³-hybridized carbons (Fsp3) is 0.923. The quantitative estimate of drug-likeness (QED) is 0.534. The summed E-state index contributed by atoms with van der Waals surface area (Å²) >= 11 is 0. The van der Waals surface area contributed by atoms with E-state index in [0.717, 1.165) is 12.8 Å². The van der Waals surface area contributed by atoms with Gasteiger partial charge in [-0.3, -0.25) is 4.79 Å². The predicted octanol–water partition coefficient (Wildman–Crippen LogP) is 3.32. The molecule has 1 atom stereocenters. The van der Waals surface area contributed by atoms with E-state index >= 15 is 0 Å². The van der Waals surface area contributed by atoms with Crippen LogP contribution in [0.5, 0.6) is 0 Å². The van der Waals surface area contributed by atoms with Gasteiger partial charge in [0.25, 0.3) is 0 Å². The lowest BCUT2D eigenvalue weighted by Gasteiger charge is -2.05. The average Bonchev–Trinajstić information content (AvgIpc) is 2.26. The van der Waals surface area contributed by atoms with Crippen molar-refractivity contribution in [2.24, 2.45) is 5.73 Å². The highest BCUT2D eigenvalue weighted by atomic mass is 16.4. The van der Waals surface area contributed by atoms with Crippen molar-refractivity contribution in [1.82, 2.24) is 0 Å². The molecule has 0 spiro atoms. The molecule has 0 amide bonds. The Kier molecular flexibility index (Phi) is 10.5. The van der Waals surface area contributed by atoms with Crippen molar-refractivity contribution in [2.75, 3.05) is 0 Å². The normalized spacial score (nSPS) is 12.6. The summed E-state index contributed by atoms with van der Waals surface area (Å²) in [6.07, 6.45) is 11.9. The number of nitrogens with two attached hydrogens (primary N) is 1. The van der Waals surface area contributed by atoms with Crippen LogP contribution >= 0.6 is 0 Å². The Labute approximate surface area is 99.4 Å². The zero-order valence-electron chi connectivity index (χ0n) is 10.6. The second kappa shape index (κ2) is 10.9. The Morgan fingerprint density at radius 1 is 1.00 bits per heavy atom. The van der Waals surface area contributed by atoms with Gasteiger partial charge in [0.2, 0.25) is 0 Å². The lowest BCUT2D eigenvalue weighted by atomic mass is 10.0. The van der Waals surface area contributed by atoms with Crippen LogP contribution in [0, 0.1) is 0 Å². The highest BCUT2D eigenvalue weighted by Gasteiger charge is 2.09. The molecule has 3 nitrogen and oxygen atoms in total. The molecule has 3 heteroatoms. The fourth-order valence-corrected chi connectivity index (χ4v) is 1.80. The number of aliphatic carboxylic acids is 1. The standard InChI is InChI=1S/C13H27NO2/c1-2-3-4-5-6-7-8-9-10-11-12(14)13(15)16/h12H,2-11,14H2,1H3,(H,15,16)/t12-/m1/s1. The molecular formula is C13H27NO2. The first-order chi connectivity index (χ1) is 7.68. The van der Waals surface area contributed by atoms with Gasteiger partial charge in [-0.2, -0.15) is 0 Å². The summed E-state index contributed by atoms with van der Waals surface area (Å²) in [5.41, 5.74) is 5.41. The van der Waals surface area contributed by atoms with E-state index in [9.17, 15) is 4.79 Å². The van der Waals surface area contributed by atoms with Crippen LogP contribution in [0.1, 0.15) is 71.1 Å². The molecule has 0 aromatic carbocycles. The summed E-state index contributed by atoms with van der Waals surface area (Å²) < 4.78 is 0. The smallest absolute Gasteiger partial charge is 0.320 e. The molecule has 0 fully saturated rings. The topological polar surface area (TPSA) is 63.3 Å². The second-order valence-electron chi connectivity index (χ2n) is 4.56. The van der Waals surface area contributed by atoms with Gasteiger partial charge in [0.15, 0.2) is 0 Å². The predicted molar refractivity (Wildman–Crippen MR) is 67.5 cm³/mol. The van der Waals surface area contributed by atoms with Gasteiger partial charge in [-0.1, -0.05) is 64.7 Å². The molecule has 96 valence electrons. The van der Waals surface area contributed by atoms with Crippen LogP contribution in [0.3, 0.4) is 0 Å². The minimum absolute atomic E-state index is 0.616. The summed E-state index contributed by atoms with van der Waals surface area (Å²) in [6.45, 7) is 2.23. The molecule has 3 N–H and O–H groups in total. The maximum atomic E-state index is 10.4. The van der Waals surface area contributed by atoms with Gasteiger partial charge in [-0.15, -0.1) is 0 Å². The molecule has 16 heavy (non-hydrogen) atoms. The largest absolute Gasteiger partial charge is 0.480 e. The SMILES string of the molecule is CCCCCCCCCCC[C@@H](N)C(=O)O. The molecule has 0 aliphatic heterocycles. The van der Waals surface area contributed by atoms with Crippen LogP contribution in [-0.2, 0) is 4.79 Å². The van der Waals surface area contributed by atoms with E-state index in [1.807, 2.05) is 0 Å². The molecule has 0 aliphatic carbocycles. The van der Waals surface area contributed by atoms with Crippen LogP contribution in [0.2, 0.25) is 0 Å². The lowest BCUT2D eigenvalue weighted by Crippen LogP contribution is -2.29. The molecular weight excluding hydrogens is 202 g/mol. The average molecular weight is 229 g/mol. The van der Waals surface area contributed by atoms with Crippen molar-refractivity contribution >= 4 is 5.97 Å². The number of carbonyl (C=O) groups is 1. The van der Waals surface area contributed by atoms with E-state index in [1.165, 1.54) is 44.9 Å². The molecule has 0 heterocycles. The van der Waals surface area contributed by atoms with E-state index < -0.39 is 12.0 Å². The van der Waals surface area contributed by atoms with Gasteiger partial charge in [0, 0.05) is 0 Å². The maximum Gasteiger partial charge on any atom is 0.320 e. The Morgan fingerprint density at radius 3 is 1.88 bits per heavy atom. The first-order valence-electron chi connectivity index (χ1n) is 6.67. The molecule has 0 unspecified atom stereocenters. The van der Waals surface area contributed by atoms with Crippen molar-refractivity contribution in [3.8, 4) is 0 Å². The molecule has 0 aromatic heterocycles. The Bertz CT molecular complexity index is 171. The summed E-state index contributed by atoms with van der Waals surface area (Å²) in [5, 5.41) is 8.58. The lowest BCUT2D eigenvalue weighted by molar-refractivity contribution is -0.138. The van der Waals surface area contributed by atoms with Crippen LogP contribution in [0.4, 0.5) is 0 Å². The van der Waals surface area contributed by atoms with Gasteiger partial charge < -0.3 is 10.8 Å². The van der Waals surface area contributed by atoms with Gasteiger partial charge in [0.05, 0.1) is 0 Å². The highest BCUT2D eigenvalue weighted by Crippen LogP contribution is 2.10. The molecule has 0 saturated carbocycles. The summed E-state index contributed by atoms with van der Waals surface area (Å²) in [7, 11) is 0. The van der Waals surface area contributed by atoms with Crippen molar-refractivity contribution in [3.05, 3.63) is 0 Å². The fourth-order valence-electron chi connectivity index (χ4n) is 1.80. The number of unbranched alkanes of at least 4 members (excludes halogenated alkanes) is 8. The van der Waals surface area contributed by atoms with Crippen molar-refractivity contribution in [3.63, 3.8) is 0 Å². The number of hydrogen-bond donors (Lipinski definition) is 2. The van der Waals surface area contributed by atoms with Crippen molar-refractivity contribution in [1.29, 1.82) is 0 Å². The molecule has 0 aliphatic rings. The number of carboxylic acid groups (broad SMARTS) is 1. The van der Waals surface area contributed by atoms with Crippen molar-refractivity contribution < 1.29 is 9.90 Å². The van der Waals surface area contributed by atoms with Gasteiger partial charge >= 0.3 is 5.97 Å². The first kappa shape index (κ1) is 15.4. The zero-order chi connectivity index (χ0) is 12.2. The Hall–Kier alpha value is -0.570. The minimum atomic E-state index is -0.875. The van der Waals surface area contributed by atoms with Crippen molar-refractivity contribution in [2.45, 2.75) is 77.2 Å². The van der Waals surface area contributed by atoms with Crippen LogP contribution in [-0.4, -0.2) is 17.1 Å². The van der Waals surface area contributed by atoms with Gasteiger partial charge in [-0.25, -0.2) is 0 Å². The van der Waals surface area contributed by atoms with Crippen LogP contribution < -0.4 is 5.73 Å². The number of rotatable bonds is 11. The van der Waals surface area contributed by atoms with Gasteiger partial charge in [-0.05, 0) is 6.42 Å². The molecule has 0 aromatic rings. The van der Waals surface area contributed by atoms with Gasteiger partial charge in [0.1, 0.15) is 6.04 Å². The number of carboxylic acids is 1. The third kappa shape index (κ3) is 9.97. The van der Waals surface area contributed by atoms with E-state index in [2.05, 4.69) is 6.92 Å². The molecule has 0 rings (SSSR count). The maximum absolute atomic E-state index is 10.4. The Balaban J connectivity index is 3.07. The third-order valence-electron chi connectivity index (χ3n) is 2.94. The molecule has 0 bridgehead atoms. The third-order valence-corrected chi connectivity index (χ3v) is 2.94. The summed E-state index contributed by atoms with van der Waals surface area (Å²) in [4.78, 5) is 10.4. The molecule has 0 saturated heterocycles. The van der Waals surface area contributed by atoms with E-state index in [4.69, 9.17) is 10.8 Å². The Morgan fingerprint density at radius 2 is 1.44 bits per heavy atom. The summed E-state index contributed by atoms with van der Waals surface area (Å²) in [5.74, 6) is -0.875. The first-order valence-corrected chi connectivity index (χ1v) is 6.67. The highest BCUT2D eigenvalue weighted by molar-refractivity contribution is 5.72. The van der Waals surface area contributed by atoms with E-state index in [-0.39, 0.29) is 0 Å². The van der Waals surface area contributed by atoms with Crippen LogP contribution in [0.15, 0.2) is 0 Å². The summed E-state index contributed by atoms with van der Waals surface area (Å²) in [6, 6.07) is -0.662. The zero-order valence-corrected chi connectivity index (χ0v) is 10.6. The minimum Gasteiger partial charge on any atom is -0.480 e. The monoisotopic (exact) mass is 229 g/mol. The van der Waals surface area contributed by atoms with E-state index in [0.29, 0.717) is 6.42 Å². The van der Waals surface area contributed by atoms with Crippen LogP contribution in [0.25, 0.3) is 0 Å². The van der Waals surface area contributed by atoms with E-state index in [1.54, 1.807) is 0 Å². The number of hydrogen-bond acceptors (Lipinski definition) is 2. The molecule has 0 radical (unpaired) electrons. The second-order valence-corrected chi connectivity index (χ2v) is 4.56.